The third-order valence-electron chi connectivity index (χ3n) is 2.64. The van der Waals surface area contributed by atoms with Crippen LogP contribution in [-0.2, 0) is 11.3 Å². The minimum absolute atomic E-state index is 0.0871. The fraction of sp³-hybridized carbons (Fsp3) is 0.417. The third-order valence-corrected chi connectivity index (χ3v) is 3.50. The molecule has 2 N–H and O–H groups in total. The Morgan fingerprint density at radius 3 is 2.50 bits per heavy atom. The van der Waals surface area contributed by atoms with Gasteiger partial charge in [-0.05, 0) is 27.6 Å². The maximum Gasteiger partial charge on any atom is 0.241 e. The van der Waals surface area contributed by atoms with Crippen molar-refractivity contribution < 1.29 is 9.18 Å². The summed E-state index contributed by atoms with van der Waals surface area (Å²) in [5.74, 6) is -0.483. The molecule has 0 bridgehead atoms. The smallest absolute Gasteiger partial charge is 0.241 e. The molecule has 0 radical (unpaired) electrons. The molecule has 1 aromatic carbocycles. The fourth-order valence-corrected chi connectivity index (χ4v) is 1.96. The van der Waals surface area contributed by atoms with Crippen LogP contribution >= 0.6 is 15.9 Å². The second kappa shape index (κ2) is 6.15. The van der Waals surface area contributed by atoms with Gasteiger partial charge in [0.25, 0.3) is 0 Å². The molecule has 0 fully saturated rings. The Hall–Kier alpha value is -1.14. The number of rotatable bonds is 4. The molecular weight excluding hydrogens is 301 g/mol. The molecule has 1 rings (SSSR count). The van der Waals surface area contributed by atoms with E-state index in [1.54, 1.807) is 38.2 Å². The highest BCUT2D eigenvalue weighted by molar-refractivity contribution is 9.10. The number of hydrogen-bond acceptors (Lipinski definition) is 3. The van der Waals surface area contributed by atoms with Crippen molar-refractivity contribution in [3.63, 3.8) is 0 Å². The molecule has 0 aliphatic carbocycles. The van der Waals surface area contributed by atoms with Crippen molar-refractivity contribution in [2.45, 2.75) is 6.54 Å². The number of hydrogen-bond donors (Lipinski definition) is 1. The van der Waals surface area contributed by atoms with Gasteiger partial charge in [0, 0.05) is 27.7 Å². The Balaban J connectivity index is 2.97. The van der Waals surface area contributed by atoms with Gasteiger partial charge in [-0.15, -0.1) is 0 Å². The summed E-state index contributed by atoms with van der Waals surface area (Å²) in [7, 11) is 5.01. The normalized spacial score (nSPS) is 10.3. The molecule has 1 amide bonds. The summed E-state index contributed by atoms with van der Waals surface area (Å²) in [6.07, 6.45) is 0. The van der Waals surface area contributed by atoms with Crippen LogP contribution in [0.25, 0.3) is 0 Å². The Kier molecular flexibility index (Phi) is 5.10. The highest BCUT2D eigenvalue weighted by Gasteiger charge is 2.16. The molecule has 0 aromatic heterocycles. The van der Waals surface area contributed by atoms with Gasteiger partial charge >= 0.3 is 0 Å². The van der Waals surface area contributed by atoms with Gasteiger partial charge in [-0.2, -0.15) is 0 Å². The van der Waals surface area contributed by atoms with E-state index in [-0.39, 0.29) is 19.0 Å². The number of benzene rings is 1. The Morgan fingerprint density at radius 2 is 2.00 bits per heavy atom. The van der Waals surface area contributed by atoms with Crippen molar-refractivity contribution in [1.82, 2.24) is 4.90 Å². The van der Waals surface area contributed by atoms with Crippen LogP contribution in [-0.4, -0.2) is 38.5 Å². The van der Waals surface area contributed by atoms with E-state index in [0.717, 1.165) is 0 Å². The molecule has 0 saturated heterocycles. The van der Waals surface area contributed by atoms with Crippen LogP contribution in [0, 0.1) is 5.82 Å². The van der Waals surface area contributed by atoms with Crippen LogP contribution in [0.5, 0.6) is 0 Å². The number of halogens is 2. The summed E-state index contributed by atoms with van der Waals surface area (Å²) in [6, 6.07) is 3.38. The standard InChI is InChI=1S/C12H17BrFN3O/c1-16(2)10(18)7-17(3)9-5-4-8(6-15)11(13)12(9)14/h4-5H,6-7,15H2,1-3H3. The van der Waals surface area contributed by atoms with Crippen LogP contribution in [0.15, 0.2) is 16.6 Å². The molecule has 0 unspecified atom stereocenters. The van der Waals surface area contributed by atoms with Gasteiger partial charge in [0.1, 0.15) is 0 Å². The molecule has 0 aliphatic rings. The van der Waals surface area contributed by atoms with Gasteiger partial charge < -0.3 is 15.5 Å². The van der Waals surface area contributed by atoms with Gasteiger partial charge in [0.2, 0.25) is 5.91 Å². The number of nitrogens with zero attached hydrogens (tertiary/aromatic N) is 2. The first-order chi connectivity index (χ1) is 8.38. The van der Waals surface area contributed by atoms with E-state index in [0.29, 0.717) is 15.7 Å². The predicted octanol–water partition coefficient (Wildman–Crippen LogP) is 1.57. The lowest BCUT2D eigenvalue weighted by molar-refractivity contribution is -0.127. The monoisotopic (exact) mass is 317 g/mol. The van der Waals surface area contributed by atoms with Gasteiger partial charge in [-0.3, -0.25) is 4.79 Å². The highest BCUT2D eigenvalue weighted by atomic mass is 79.9. The fourth-order valence-electron chi connectivity index (χ4n) is 1.46. The first kappa shape index (κ1) is 14.9. The summed E-state index contributed by atoms with van der Waals surface area (Å²) < 4.78 is 14.4. The number of nitrogens with two attached hydrogens (primary N) is 1. The third kappa shape index (κ3) is 3.20. The zero-order valence-corrected chi connectivity index (χ0v) is 12.3. The molecule has 0 aliphatic heterocycles. The first-order valence-corrected chi connectivity index (χ1v) is 6.26. The van der Waals surface area contributed by atoms with E-state index in [4.69, 9.17) is 5.73 Å². The summed E-state index contributed by atoms with van der Waals surface area (Å²) in [5.41, 5.74) is 6.56. The lowest BCUT2D eigenvalue weighted by Crippen LogP contribution is -2.34. The minimum Gasteiger partial charge on any atom is -0.363 e. The van der Waals surface area contributed by atoms with Gasteiger partial charge in [-0.25, -0.2) is 4.39 Å². The summed E-state index contributed by atoms with van der Waals surface area (Å²) in [6.45, 7) is 0.385. The van der Waals surface area contributed by atoms with Crippen molar-refractivity contribution in [3.05, 3.63) is 28.0 Å². The Bertz CT molecular complexity index is 451. The van der Waals surface area contributed by atoms with Gasteiger partial charge in [-0.1, -0.05) is 6.07 Å². The number of amides is 1. The molecule has 100 valence electrons. The molecule has 6 heteroatoms. The Morgan fingerprint density at radius 1 is 1.39 bits per heavy atom. The molecule has 0 atom stereocenters. The number of anilines is 1. The number of carbonyl (C=O) groups excluding carboxylic acids is 1. The lowest BCUT2D eigenvalue weighted by Gasteiger charge is -2.22. The van der Waals surface area contributed by atoms with E-state index in [2.05, 4.69) is 15.9 Å². The van der Waals surface area contributed by atoms with Crippen molar-refractivity contribution >= 4 is 27.5 Å². The summed E-state index contributed by atoms with van der Waals surface area (Å²) in [4.78, 5) is 14.6. The van der Waals surface area contributed by atoms with E-state index in [1.807, 2.05) is 0 Å². The topological polar surface area (TPSA) is 49.6 Å². The number of carbonyl (C=O) groups is 1. The maximum absolute atomic E-state index is 14.1. The Labute approximate surface area is 115 Å². The van der Waals surface area contributed by atoms with Crippen LogP contribution in [0.3, 0.4) is 0 Å². The second-order valence-corrected chi connectivity index (χ2v) is 5.01. The van der Waals surface area contributed by atoms with E-state index in [9.17, 15) is 9.18 Å². The SMILES string of the molecule is CN(C)C(=O)CN(C)c1ccc(CN)c(Br)c1F. The quantitative estimate of drug-likeness (QED) is 0.917. The van der Waals surface area contributed by atoms with Crippen molar-refractivity contribution in [1.29, 1.82) is 0 Å². The molecule has 4 nitrogen and oxygen atoms in total. The average Bonchev–Trinajstić information content (AvgIpc) is 2.32. The maximum atomic E-state index is 14.1. The van der Waals surface area contributed by atoms with Crippen LogP contribution in [0.1, 0.15) is 5.56 Å². The summed E-state index contributed by atoms with van der Waals surface area (Å²) >= 11 is 3.18. The van der Waals surface area contributed by atoms with Crippen molar-refractivity contribution in [3.8, 4) is 0 Å². The molecule has 1 aromatic rings. The van der Waals surface area contributed by atoms with E-state index >= 15 is 0 Å². The van der Waals surface area contributed by atoms with Crippen molar-refractivity contribution in [2.24, 2.45) is 5.73 Å². The van der Waals surface area contributed by atoms with Gasteiger partial charge in [0.05, 0.1) is 16.7 Å². The average molecular weight is 318 g/mol. The van der Waals surface area contributed by atoms with E-state index in [1.165, 1.54) is 4.90 Å². The van der Waals surface area contributed by atoms with Crippen LogP contribution in [0.2, 0.25) is 0 Å². The van der Waals surface area contributed by atoms with E-state index < -0.39 is 5.82 Å². The molecule has 0 spiro atoms. The number of likely N-dealkylation sites (N-methyl/N-ethyl adjacent to an activating group) is 2. The highest BCUT2D eigenvalue weighted by Crippen LogP contribution is 2.28. The van der Waals surface area contributed by atoms with Crippen LogP contribution in [0.4, 0.5) is 10.1 Å². The largest absolute Gasteiger partial charge is 0.363 e. The zero-order valence-electron chi connectivity index (χ0n) is 10.7. The zero-order chi connectivity index (χ0) is 13.9. The molecule has 0 heterocycles. The molecule has 18 heavy (non-hydrogen) atoms. The minimum atomic E-state index is -0.396. The van der Waals surface area contributed by atoms with Crippen LogP contribution < -0.4 is 10.6 Å². The lowest BCUT2D eigenvalue weighted by atomic mass is 10.2. The first-order valence-electron chi connectivity index (χ1n) is 5.46. The molecule has 0 saturated carbocycles. The predicted molar refractivity (Wildman–Crippen MR) is 74.0 cm³/mol. The van der Waals surface area contributed by atoms with Crippen molar-refractivity contribution in [2.75, 3.05) is 32.6 Å². The second-order valence-electron chi connectivity index (χ2n) is 4.22. The molecular formula is C12H17BrFN3O. The van der Waals surface area contributed by atoms with Gasteiger partial charge in [0.15, 0.2) is 5.82 Å². The summed E-state index contributed by atoms with van der Waals surface area (Å²) in [5, 5.41) is 0.